The maximum absolute atomic E-state index is 5.74. The highest BCUT2D eigenvalue weighted by Crippen LogP contribution is 2.31. The van der Waals surface area contributed by atoms with Gasteiger partial charge in [0.1, 0.15) is 11.5 Å². The Morgan fingerprint density at radius 3 is 2.33 bits per heavy atom. The molecule has 98 valence electrons. The van der Waals surface area contributed by atoms with Crippen molar-refractivity contribution in [2.75, 3.05) is 7.05 Å². The Morgan fingerprint density at radius 2 is 1.83 bits per heavy atom. The lowest BCUT2D eigenvalue weighted by atomic mass is 10.1. The van der Waals surface area contributed by atoms with E-state index in [9.17, 15) is 0 Å². The van der Waals surface area contributed by atoms with Gasteiger partial charge in [-0.2, -0.15) is 0 Å². The van der Waals surface area contributed by atoms with Crippen LogP contribution in [0, 0.1) is 20.8 Å². The number of aromatic nitrogens is 2. The van der Waals surface area contributed by atoms with Crippen LogP contribution in [0.2, 0.25) is 0 Å². The summed E-state index contributed by atoms with van der Waals surface area (Å²) in [6.07, 6.45) is 0.903. The minimum atomic E-state index is 0.0971. The Hall–Kier alpha value is -1.62. The molecule has 1 N–H and O–H groups in total. The van der Waals surface area contributed by atoms with Crippen LogP contribution < -0.4 is 5.32 Å². The zero-order valence-electron chi connectivity index (χ0n) is 11.5. The van der Waals surface area contributed by atoms with Crippen molar-refractivity contribution >= 4 is 0 Å². The molecule has 2 rings (SSSR count). The molecule has 0 bridgehead atoms. The number of furan rings is 1. The first kappa shape index (κ1) is 12.8. The van der Waals surface area contributed by atoms with Crippen molar-refractivity contribution in [1.82, 2.24) is 15.5 Å². The normalized spacial score (nSPS) is 12.9. The van der Waals surface area contributed by atoms with E-state index in [2.05, 4.69) is 22.4 Å². The molecule has 0 fully saturated rings. The molecule has 2 heterocycles. The van der Waals surface area contributed by atoms with Crippen LogP contribution in [-0.4, -0.2) is 17.2 Å². The smallest absolute Gasteiger partial charge is 0.251 e. The maximum atomic E-state index is 5.74. The maximum Gasteiger partial charge on any atom is 0.251 e. The molecule has 0 spiro atoms. The minimum Gasteiger partial charge on any atom is -0.466 e. The molecule has 0 aliphatic heterocycles. The summed E-state index contributed by atoms with van der Waals surface area (Å²) < 4.78 is 11.3. The summed E-state index contributed by atoms with van der Waals surface area (Å²) in [5, 5.41) is 11.4. The summed E-state index contributed by atoms with van der Waals surface area (Å²) in [6, 6.07) is 0.0971. The van der Waals surface area contributed by atoms with E-state index in [1.165, 1.54) is 0 Å². The SMILES string of the molecule is CCC(NC)c1nnc(-c2c(C)oc(C)c2C)o1. The van der Waals surface area contributed by atoms with E-state index in [4.69, 9.17) is 8.83 Å². The van der Waals surface area contributed by atoms with Crippen molar-refractivity contribution < 1.29 is 8.83 Å². The highest BCUT2D eigenvalue weighted by Gasteiger charge is 2.21. The first-order valence-electron chi connectivity index (χ1n) is 6.16. The summed E-state index contributed by atoms with van der Waals surface area (Å²) >= 11 is 0. The zero-order valence-corrected chi connectivity index (χ0v) is 11.5. The van der Waals surface area contributed by atoms with Crippen LogP contribution >= 0.6 is 0 Å². The quantitative estimate of drug-likeness (QED) is 0.902. The van der Waals surface area contributed by atoms with Crippen LogP contribution in [0.3, 0.4) is 0 Å². The molecule has 2 aromatic heterocycles. The monoisotopic (exact) mass is 249 g/mol. The molecule has 1 unspecified atom stereocenters. The van der Waals surface area contributed by atoms with Gasteiger partial charge in [0.15, 0.2) is 0 Å². The second-order valence-corrected chi connectivity index (χ2v) is 4.41. The molecular weight excluding hydrogens is 230 g/mol. The van der Waals surface area contributed by atoms with E-state index < -0.39 is 0 Å². The molecule has 0 radical (unpaired) electrons. The molecule has 1 atom stereocenters. The molecule has 2 aromatic rings. The first-order chi connectivity index (χ1) is 8.58. The fourth-order valence-electron chi connectivity index (χ4n) is 2.09. The first-order valence-corrected chi connectivity index (χ1v) is 6.16. The molecule has 0 aromatic carbocycles. The van der Waals surface area contributed by atoms with Crippen LogP contribution in [0.25, 0.3) is 11.5 Å². The van der Waals surface area contributed by atoms with E-state index in [0.29, 0.717) is 11.8 Å². The summed E-state index contributed by atoms with van der Waals surface area (Å²) in [4.78, 5) is 0. The average molecular weight is 249 g/mol. The third-order valence-corrected chi connectivity index (χ3v) is 3.27. The zero-order chi connectivity index (χ0) is 13.3. The lowest BCUT2D eigenvalue weighted by Crippen LogP contribution is -2.15. The van der Waals surface area contributed by atoms with Crippen molar-refractivity contribution in [1.29, 1.82) is 0 Å². The van der Waals surface area contributed by atoms with Gasteiger partial charge in [0.25, 0.3) is 5.89 Å². The van der Waals surface area contributed by atoms with Gasteiger partial charge in [-0.25, -0.2) is 0 Å². The third-order valence-electron chi connectivity index (χ3n) is 3.27. The summed E-state index contributed by atoms with van der Waals surface area (Å²) in [5.74, 6) is 2.86. The van der Waals surface area contributed by atoms with Gasteiger partial charge in [0.2, 0.25) is 5.89 Å². The van der Waals surface area contributed by atoms with Crippen molar-refractivity contribution in [2.24, 2.45) is 0 Å². The fraction of sp³-hybridized carbons (Fsp3) is 0.538. The Labute approximate surface area is 107 Å². The largest absolute Gasteiger partial charge is 0.466 e. The van der Waals surface area contributed by atoms with Crippen LogP contribution in [-0.2, 0) is 0 Å². The standard InChI is InChI=1S/C13H19N3O2/c1-6-10(14-5)12-15-16-13(18-12)11-7(2)8(3)17-9(11)4/h10,14H,6H2,1-5H3. The van der Waals surface area contributed by atoms with Crippen molar-refractivity contribution in [2.45, 2.75) is 40.2 Å². The van der Waals surface area contributed by atoms with E-state index >= 15 is 0 Å². The second-order valence-electron chi connectivity index (χ2n) is 4.41. The third kappa shape index (κ3) is 2.06. The predicted octanol–water partition coefficient (Wildman–Crippen LogP) is 2.93. The van der Waals surface area contributed by atoms with Crippen molar-refractivity contribution in [3.63, 3.8) is 0 Å². The van der Waals surface area contributed by atoms with Crippen LogP contribution in [0.5, 0.6) is 0 Å². The number of hydrogen-bond acceptors (Lipinski definition) is 5. The lowest BCUT2D eigenvalue weighted by molar-refractivity contribution is 0.414. The van der Waals surface area contributed by atoms with E-state index in [1.54, 1.807) is 0 Å². The van der Waals surface area contributed by atoms with Crippen LogP contribution in [0.1, 0.15) is 42.4 Å². The Kier molecular flexibility index (Phi) is 3.52. The number of nitrogens with zero attached hydrogens (tertiary/aromatic N) is 2. The minimum absolute atomic E-state index is 0.0971. The molecule has 0 saturated heterocycles. The molecule has 18 heavy (non-hydrogen) atoms. The highest BCUT2D eigenvalue weighted by molar-refractivity contribution is 5.61. The van der Waals surface area contributed by atoms with Crippen molar-refractivity contribution in [3.8, 4) is 11.5 Å². The Balaban J connectivity index is 2.41. The van der Waals surface area contributed by atoms with E-state index in [0.717, 1.165) is 29.1 Å². The molecule has 5 heteroatoms. The lowest BCUT2D eigenvalue weighted by Gasteiger charge is -2.07. The summed E-state index contributed by atoms with van der Waals surface area (Å²) in [6.45, 7) is 7.92. The van der Waals surface area contributed by atoms with E-state index in [1.807, 2.05) is 27.8 Å². The van der Waals surface area contributed by atoms with Gasteiger partial charge in [0, 0.05) is 5.56 Å². The van der Waals surface area contributed by atoms with Gasteiger partial charge in [-0.1, -0.05) is 6.92 Å². The van der Waals surface area contributed by atoms with Gasteiger partial charge in [0.05, 0.1) is 11.6 Å². The number of nitrogens with one attached hydrogen (secondary N) is 1. The van der Waals surface area contributed by atoms with Gasteiger partial charge >= 0.3 is 0 Å². The van der Waals surface area contributed by atoms with Crippen molar-refractivity contribution in [3.05, 3.63) is 23.0 Å². The molecule has 0 aliphatic carbocycles. The van der Waals surface area contributed by atoms with Gasteiger partial charge in [-0.05, 0) is 34.2 Å². The predicted molar refractivity (Wildman–Crippen MR) is 68.3 cm³/mol. The summed E-state index contributed by atoms with van der Waals surface area (Å²) in [7, 11) is 1.89. The molecule has 0 saturated carbocycles. The van der Waals surface area contributed by atoms with Crippen LogP contribution in [0.4, 0.5) is 0 Å². The van der Waals surface area contributed by atoms with Gasteiger partial charge in [-0.15, -0.1) is 10.2 Å². The summed E-state index contributed by atoms with van der Waals surface area (Å²) in [5.41, 5.74) is 1.97. The average Bonchev–Trinajstić information content (AvgIpc) is 2.88. The molecule has 0 amide bonds. The number of hydrogen-bond donors (Lipinski definition) is 1. The van der Waals surface area contributed by atoms with Gasteiger partial charge < -0.3 is 14.2 Å². The Bertz CT molecular complexity index is 538. The topological polar surface area (TPSA) is 64.1 Å². The number of rotatable bonds is 4. The second kappa shape index (κ2) is 4.94. The molecular formula is C13H19N3O2. The molecule has 0 aliphatic rings. The highest BCUT2D eigenvalue weighted by atomic mass is 16.4. The van der Waals surface area contributed by atoms with E-state index in [-0.39, 0.29) is 6.04 Å². The molecule has 5 nitrogen and oxygen atoms in total. The fourth-order valence-corrected chi connectivity index (χ4v) is 2.09. The van der Waals surface area contributed by atoms with Crippen LogP contribution in [0.15, 0.2) is 8.83 Å². The van der Waals surface area contributed by atoms with Gasteiger partial charge in [-0.3, -0.25) is 0 Å². The number of aryl methyl sites for hydroxylation is 2. The Morgan fingerprint density at radius 1 is 1.11 bits per heavy atom.